The Bertz CT molecular complexity index is 544. The SMILES string of the molecule is Cc1cc(F)cc(-c2ccc(C(=O)O)cn2)c1. The van der Waals surface area contributed by atoms with Crippen molar-refractivity contribution in [2.45, 2.75) is 6.92 Å². The lowest BCUT2D eigenvalue weighted by Gasteiger charge is -2.03. The molecule has 1 heterocycles. The Hall–Kier alpha value is -2.23. The maximum Gasteiger partial charge on any atom is 0.337 e. The number of benzene rings is 1. The van der Waals surface area contributed by atoms with Crippen LogP contribution >= 0.6 is 0 Å². The number of carboxylic acids is 1. The van der Waals surface area contributed by atoms with E-state index in [-0.39, 0.29) is 11.4 Å². The minimum atomic E-state index is -1.03. The number of hydrogen-bond donors (Lipinski definition) is 1. The summed E-state index contributed by atoms with van der Waals surface area (Å²) in [5.74, 6) is -1.36. The fourth-order valence-corrected chi connectivity index (χ4v) is 1.58. The van der Waals surface area contributed by atoms with Crippen LogP contribution in [0.2, 0.25) is 0 Å². The van der Waals surface area contributed by atoms with Crippen LogP contribution in [0.4, 0.5) is 4.39 Å². The van der Waals surface area contributed by atoms with Crippen LogP contribution in [-0.2, 0) is 0 Å². The molecule has 0 atom stereocenters. The van der Waals surface area contributed by atoms with Crippen molar-refractivity contribution in [2.24, 2.45) is 0 Å². The molecule has 0 aliphatic carbocycles. The lowest BCUT2D eigenvalue weighted by atomic mass is 10.1. The third-order valence-electron chi connectivity index (χ3n) is 2.35. The van der Waals surface area contributed by atoms with Gasteiger partial charge in [0, 0.05) is 11.8 Å². The number of pyridine rings is 1. The van der Waals surface area contributed by atoms with Crippen molar-refractivity contribution in [1.29, 1.82) is 0 Å². The van der Waals surface area contributed by atoms with E-state index < -0.39 is 5.97 Å². The largest absolute Gasteiger partial charge is 0.478 e. The Morgan fingerprint density at radius 2 is 2.06 bits per heavy atom. The van der Waals surface area contributed by atoms with Crippen LogP contribution in [0.5, 0.6) is 0 Å². The van der Waals surface area contributed by atoms with E-state index in [1.807, 2.05) is 0 Å². The summed E-state index contributed by atoms with van der Waals surface area (Å²) in [6.45, 7) is 1.79. The minimum Gasteiger partial charge on any atom is -0.478 e. The van der Waals surface area contributed by atoms with Crippen LogP contribution < -0.4 is 0 Å². The fraction of sp³-hybridized carbons (Fsp3) is 0.0769. The molecule has 17 heavy (non-hydrogen) atoms. The standard InChI is InChI=1S/C13H10FNO2/c1-8-4-10(6-11(14)5-8)12-3-2-9(7-15-12)13(16)17/h2-7H,1H3,(H,16,17). The van der Waals surface area contributed by atoms with E-state index in [1.54, 1.807) is 19.1 Å². The molecule has 0 aliphatic rings. The summed E-state index contributed by atoms with van der Waals surface area (Å²) >= 11 is 0. The first-order valence-corrected chi connectivity index (χ1v) is 5.03. The summed E-state index contributed by atoms with van der Waals surface area (Å²) in [5.41, 5.74) is 2.10. The Morgan fingerprint density at radius 3 is 2.59 bits per heavy atom. The second-order valence-electron chi connectivity index (χ2n) is 3.75. The highest BCUT2D eigenvalue weighted by Crippen LogP contribution is 2.20. The first-order chi connectivity index (χ1) is 8.06. The molecule has 1 aromatic heterocycles. The van der Waals surface area contributed by atoms with Crippen molar-refractivity contribution >= 4 is 5.97 Å². The molecule has 4 heteroatoms. The third-order valence-corrected chi connectivity index (χ3v) is 2.35. The van der Waals surface area contributed by atoms with E-state index >= 15 is 0 Å². The second-order valence-corrected chi connectivity index (χ2v) is 3.75. The fourth-order valence-electron chi connectivity index (χ4n) is 1.58. The number of hydrogen-bond acceptors (Lipinski definition) is 2. The van der Waals surface area contributed by atoms with Gasteiger partial charge in [-0.2, -0.15) is 0 Å². The van der Waals surface area contributed by atoms with Crippen LogP contribution in [0, 0.1) is 12.7 Å². The molecule has 0 fully saturated rings. The van der Waals surface area contributed by atoms with Gasteiger partial charge in [-0.05, 0) is 42.8 Å². The van der Waals surface area contributed by atoms with Gasteiger partial charge < -0.3 is 5.11 Å². The van der Waals surface area contributed by atoms with Gasteiger partial charge in [0.25, 0.3) is 0 Å². The number of halogens is 1. The van der Waals surface area contributed by atoms with E-state index in [9.17, 15) is 9.18 Å². The molecule has 2 rings (SSSR count). The average molecular weight is 231 g/mol. The van der Waals surface area contributed by atoms with Gasteiger partial charge in [-0.25, -0.2) is 9.18 Å². The molecule has 2 aromatic rings. The van der Waals surface area contributed by atoms with E-state index in [1.165, 1.54) is 24.4 Å². The molecule has 0 unspecified atom stereocenters. The van der Waals surface area contributed by atoms with Crippen LogP contribution in [0.15, 0.2) is 36.5 Å². The predicted molar refractivity (Wildman–Crippen MR) is 61.3 cm³/mol. The Morgan fingerprint density at radius 1 is 1.29 bits per heavy atom. The third kappa shape index (κ3) is 2.47. The summed E-state index contributed by atoms with van der Waals surface area (Å²) in [7, 11) is 0. The first kappa shape index (κ1) is 11.3. The number of carbonyl (C=O) groups is 1. The molecule has 0 radical (unpaired) electrons. The Kier molecular flexibility index (Phi) is 2.87. The molecule has 86 valence electrons. The zero-order valence-electron chi connectivity index (χ0n) is 9.14. The van der Waals surface area contributed by atoms with E-state index in [4.69, 9.17) is 5.11 Å². The molecule has 1 N–H and O–H groups in total. The van der Waals surface area contributed by atoms with Crippen LogP contribution in [0.25, 0.3) is 11.3 Å². The molecule has 0 bridgehead atoms. The molecule has 0 aliphatic heterocycles. The number of carboxylic acid groups (broad SMARTS) is 1. The summed E-state index contributed by atoms with van der Waals surface area (Å²) in [4.78, 5) is 14.7. The Balaban J connectivity index is 2.43. The van der Waals surface area contributed by atoms with Crippen molar-refractivity contribution in [3.63, 3.8) is 0 Å². The summed E-state index contributed by atoms with van der Waals surface area (Å²) in [5, 5.41) is 8.73. The van der Waals surface area contributed by atoms with E-state index in [0.717, 1.165) is 5.56 Å². The van der Waals surface area contributed by atoms with Gasteiger partial charge in [0.1, 0.15) is 5.82 Å². The van der Waals surface area contributed by atoms with Crippen molar-refractivity contribution in [1.82, 2.24) is 4.98 Å². The van der Waals surface area contributed by atoms with Gasteiger partial charge in [-0.3, -0.25) is 4.98 Å². The number of aromatic nitrogens is 1. The second kappa shape index (κ2) is 4.33. The average Bonchev–Trinajstić information content (AvgIpc) is 2.28. The molecule has 0 amide bonds. The summed E-state index contributed by atoms with van der Waals surface area (Å²) < 4.78 is 13.2. The predicted octanol–water partition coefficient (Wildman–Crippen LogP) is 2.89. The molecule has 0 saturated carbocycles. The van der Waals surface area contributed by atoms with Crippen molar-refractivity contribution < 1.29 is 14.3 Å². The van der Waals surface area contributed by atoms with Gasteiger partial charge >= 0.3 is 5.97 Å². The normalized spacial score (nSPS) is 10.2. The van der Waals surface area contributed by atoms with Crippen molar-refractivity contribution in [2.75, 3.05) is 0 Å². The van der Waals surface area contributed by atoms with Crippen LogP contribution in [0.1, 0.15) is 15.9 Å². The van der Waals surface area contributed by atoms with Crippen molar-refractivity contribution in [3.05, 3.63) is 53.5 Å². The number of aryl methyl sites for hydroxylation is 1. The van der Waals surface area contributed by atoms with Gasteiger partial charge in [-0.1, -0.05) is 0 Å². The van der Waals surface area contributed by atoms with E-state index in [0.29, 0.717) is 11.3 Å². The zero-order valence-corrected chi connectivity index (χ0v) is 9.14. The number of nitrogens with zero attached hydrogens (tertiary/aromatic N) is 1. The monoisotopic (exact) mass is 231 g/mol. The summed E-state index contributed by atoms with van der Waals surface area (Å²) in [6, 6.07) is 7.61. The lowest BCUT2D eigenvalue weighted by Crippen LogP contribution is -1.97. The molecule has 3 nitrogen and oxygen atoms in total. The maximum atomic E-state index is 13.2. The summed E-state index contributed by atoms with van der Waals surface area (Å²) in [6.07, 6.45) is 1.26. The minimum absolute atomic E-state index is 0.113. The molecule has 0 saturated heterocycles. The molecule has 0 spiro atoms. The maximum absolute atomic E-state index is 13.2. The van der Waals surface area contributed by atoms with Gasteiger partial charge in [-0.15, -0.1) is 0 Å². The highest BCUT2D eigenvalue weighted by Gasteiger charge is 2.05. The van der Waals surface area contributed by atoms with E-state index in [2.05, 4.69) is 4.98 Å². The number of aromatic carboxylic acids is 1. The smallest absolute Gasteiger partial charge is 0.337 e. The first-order valence-electron chi connectivity index (χ1n) is 5.03. The highest BCUT2D eigenvalue weighted by molar-refractivity contribution is 5.87. The lowest BCUT2D eigenvalue weighted by molar-refractivity contribution is 0.0696. The van der Waals surface area contributed by atoms with Crippen LogP contribution in [-0.4, -0.2) is 16.1 Å². The molecular formula is C13H10FNO2. The van der Waals surface area contributed by atoms with Gasteiger partial charge in [0.05, 0.1) is 11.3 Å². The molecule has 1 aromatic carbocycles. The Labute approximate surface area is 97.6 Å². The quantitative estimate of drug-likeness (QED) is 0.864. The highest BCUT2D eigenvalue weighted by atomic mass is 19.1. The van der Waals surface area contributed by atoms with Gasteiger partial charge in [0.2, 0.25) is 0 Å². The van der Waals surface area contributed by atoms with Crippen molar-refractivity contribution in [3.8, 4) is 11.3 Å². The number of rotatable bonds is 2. The van der Waals surface area contributed by atoms with Crippen LogP contribution in [0.3, 0.4) is 0 Å². The zero-order chi connectivity index (χ0) is 12.4. The van der Waals surface area contributed by atoms with Gasteiger partial charge in [0.15, 0.2) is 0 Å². The topological polar surface area (TPSA) is 50.2 Å². The molecular weight excluding hydrogens is 221 g/mol.